The van der Waals surface area contributed by atoms with E-state index in [-0.39, 0.29) is 11.5 Å². The molecule has 0 fully saturated rings. The van der Waals surface area contributed by atoms with Gasteiger partial charge in [-0.1, -0.05) is 25.1 Å². The number of hydrogen-bond donors (Lipinski definition) is 2. The van der Waals surface area contributed by atoms with E-state index in [1.807, 2.05) is 44.2 Å². The summed E-state index contributed by atoms with van der Waals surface area (Å²) in [5, 5.41) is 7.23. The van der Waals surface area contributed by atoms with E-state index in [1.165, 1.54) is 4.68 Å². The quantitative estimate of drug-likeness (QED) is 0.597. The van der Waals surface area contributed by atoms with Crippen LogP contribution in [-0.2, 0) is 11.2 Å². The Morgan fingerprint density at radius 1 is 1.25 bits per heavy atom. The zero-order valence-electron chi connectivity index (χ0n) is 16.2. The summed E-state index contributed by atoms with van der Waals surface area (Å²) in [5.41, 5.74) is 1.84. The molecule has 0 saturated carbocycles. The Morgan fingerprint density at radius 2 is 2.00 bits per heavy atom. The zero-order valence-corrected chi connectivity index (χ0v) is 17.0. The molecule has 0 aliphatic carbocycles. The second-order valence-corrected chi connectivity index (χ2v) is 7.52. The van der Waals surface area contributed by atoms with Gasteiger partial charge in [-0.2, -0.15) is 9.78 Å². The van der Waals surface area contributed by atoms with Gasteiger partial charge in [0.2, 0.25) is 11.9 Å². The van der Waals surface area contributed by atoms with Crippen molar-refractivity contribution < 1.29 is 4.79 Å². The van der Waals surface area contributed by atoms with Crippen LogP contribution in [0.25, 0.3) is 5.95 Å². The average molecular weight is 398 g/mol. The summed E-state index contributed by atoms with van der Waals surface area (Å²) in [4.78, 5) is 33.0. The van der Waals surface area contributed by atoms with Crippen LogP contribution >= 0.6 is 11.8 Å². The lowest BCUT2D eigenvalue weighted by Crippen LogP contribution is -2.22. The highest BCUT2D eigenvalue weighted by atomic mass is 32.2. The van der Waals surface area contributed by atoms with Gasteiger partial charge in [0.15, 0.2) is 0 Å². The van der Waals surface area contributed by atoms with E-state index in [0.29, 0.717) is 47.3 Å². The molecule has 2 heterocycles. The SMILES string of the molecule is CCc1c(C)nc(-n2nc(C)cc2NC(=O)CCSc2ccccc2)[nH]c1=O. The zero-order chi connectivity index (χ0) is 20.1. The number of carbonyl (C=O) groups is 1. The highest BCUT2D eigenvalue weighted by Crippen LogP contribution is 2.19. The number of anilines is 1. The first kappa shape index (κ1) is 19.9. The molecule has 0 aliphatic heterocycles. The van der Waals surface area contributed by atoms with Crippen LogP contribution in [0.1, 0.15) is 30.3 Å². The number of rotatable bonds is 7. The van der Waals surface area contributed by atoms with Crippen LogP contribution in [0.5, 0.6) is 0 Å². The van der Waals surface area contributed by atoms with Crippen molar-refractivity contribution in [3.8, 4) is 5.95 Å². The van der Waals surface area contributed by atoms with Gasteiger partial charge in [-0.3, -0.25) is 14.6 Å². The fraction of sp³-hybridized carbons (Fsp3) is 0.300. The van der Waals surface area contributed by atoms with Gasteiger partial charge in [0.1, 0.15) is 5.82 Å². The summed E-state index contributed by atoms with van der Waals surface area (Å²) in [6.45, 7) is 5.53. The third-order valence-electron chi connectivity index (χ3n) is 4.20. The number of carbonyl (C=O) groups excluding carboxylic acids is 1. The van der Waals surface area contributed by atoms with Crippen molar-refractivity contribution in [3.05, 3.63) is 63.7 Å². The van der Waals surface area contributed by atoms with Crippen molar-refractivity contribution >= 4 is 23.5 Å². The minimum Gasteiger partial charge on any atom is -0.310 e. The summed E-state index contributed by atoms with van der Waals surface area (Å²) in [6.07, 6.45) is 0.969. The fourth-order valence-electron chi connectivity index (χ4n) is 2.85. The third-order valence-corrected chi connectivity index (χ3v) is 5.22. The Kier molecular flexibility index (Phi) is 6.30. The first-order valence-electron chi connectivity index (χ1n) is 9.12. The normalized spacial score (nSPS) is 10.8. The Labute approximate surface area is 167 Å². The largest absolute Gasteiger partial charge is 0.310 e. The van der Waals surface area contributed by atoms with Gasteiger partial charge in [0.25, 0.3) is 5.56 Å². The molecular weight excluding hydrogens is 374 g/mol. The van der Waals surface area contributed by atoms with E-state index in [1.54, 1.807) is 24.8 Å². The third kappa shape index (κ3) is 4.69. The van der Waals surface area contributed by atoms with Crippen molar-refractivity contribution in [1.82, 2.24) is 19.7 Å². The molecule has 0 saturated heterocycles. The van der Waals surface area contributed by atoms with Crippen molar-refractivity contribution in [2.24, 2.45) is 0 Å². The average Bonchev–Trinajstić information content (AvgIpc) is 3.02. The Hall–Kier alpha value is -2.87. The molecule has 8 heteroatoms. The van der Waals surface area contributed by atoms with Crippen molar-refractivity contribution in [2.45, 2.75) is 38.5 Å². The smallest absolute Gasteiger partial charge is 0.255 e. The van der Waals surface area contributed by atoms with Gasteiger partial charge in [-0.15, -0.1) is 11.8 Å². The van der Waals surface area contributed by atoms with E-state index in [4.69, 9.17) is 0 Å². The predicted molar refractivity (Wildman–Crippen MR) is 111 cm³/mol. The molecule has 1 aromatic carbocycles. The maximum atomic E-state index is 12.4. The second-order valence-electron chi connectivity index (χ2n) is 6.35. The first-order valence-corrected chi connectivity index (χ1v) is 10.1. The van der Waals surface area contributed by atoms with Crippen LogP contribution in [0, 0.1) is 13.8 Å². The lowest BCUT2D eigenvalue weighted by molar-refractivity contribution is -0.115. The van der Waals surface area contributed by atoms with Gasteiger partial charge in [0.05, 0.1) is 5.69 Å². The number of hydrogen-bond acceptors (Lipinski definition) is 5. The highest BCUT2D eigenvalue weighted by molar-refractivity contribution is 7.99. The summed E-state index contributed by atoms with van der Waals surface area (Å²) < 4.78 is 1.46. The van der Waals surface area contributed by atoms with Crippen LogP contribution in [0.4, 0.5) is 5.82 Å². The molecule has 0 bridgehead atoms. The lowest BCUT2D eigenvalue weighted by atomic mass is 10.2. The van der Waals surface area contributed by atoms with Crippen LogP contribution < -0.4 is 10.9 Å². The molecule has 3 rings (SSSR count). The topological polar surface area (TPSA) is 92.7 Å². The number of amides is 1. The van der Waals surface area contributed by atoms with E-state index in [9.17, 15) is 9.59 Å². The molecule has 2 N–H and O–H groups in total. The molecule has 146 valence electrons. The Morgan fingerprint density at radius 3 is 2.68 bits per heavy atom. The number of thioether (sulfide) groups is 1. The number of nitrogens with zero attached hydrogens (tertiary/aromatic N) is 3. The molecule has 2 aromatic heterocycles. The highest BCUT2D eigenvalue weighted by Gasteiger charge is 2.15. The molecule has 3 aromatic rings. The summed E-state index contributed by atoms with van der Waals surface area (Å²) in [5.74, 6) is 1.33. The van der Waals surface area contributed by atoms with Crippen LogP contribution in [0.2, 0.25) is 0 Å². The van der Waals surface area contributed by atoms with Crippen molar-refractivity contribution in [3.63, 3.8) is 0 Å². The molecule has 28 heavy (non-hydrogen) atoms. The predicted octanol–water partition coefficient (Wildman–Crippen LogP) is 3.26. The van der Waals surface area contributed by atoms with E-state index < -0.39 is 0 Å². The van der Waals surface area contributed by atoms with E-state index >= 15 is 0 Å². The van der Waals surface area contributed by atoms with Crippen LogP contribution in [-0.4, -0.2) is 31.4 Å². The van der Waals surface area contributed by atoms with Gasteiger partial charge in [-0.05, 0) is 32.4 Å². The number of aromatic amines is 1. The standard InChI is InChI=1S/C20H23N5O2S/c1-4-16-14(3)21-20(23-19(16)27)25-17(12-13(2)24-25)22-18(26)10-11-28-15-8-6-5-7-9-15/h5-9,12H,4,10-11H2,1-3H3,(H,22,26)(H,21,23,27). The maximum Gasteiger partial charge on any atom is 0.255 e. The molecule has 0 unspecified atom stereocenters. The number of nitrogens with one attached hydrogen (secondary N) is 2. The Balaban J connectivity index is 1.72. The lowest BCUT2D eigenvalue weighted by Gasteiger charge is -2.10. The van der Waals surface area contributed by atoms with Gasteiger partial charge < -0.3 is 5.32 Å². The molecule has 0 spiro atoms. The minimum atomic E-state index is -0.185. The molecule has 7 nitrogen and oxygen atoms in total. The van der Waals surface area contributed by atoms with Crippen LogP contribution in [0.15, 0.2) is 46.1 Å². The number of aromatic nitrogens is 4. The van der Waals surface area contributed by atoms with E-state index in [0.717, 1.165) is 4.90 Å². The summed E-state index contributed by atoms with van der Waals surface area (Å²) >= 11 is 1.63. The number of H-pyrrole nitrogens is 1. The summed E-state index contributed by atoms with van der Waals surface area (Å²) in [7, 11) is 0. The van der Waals surface area contributed by atoms with Gasteiger partial charge in [0, 0.05) is 34.4 Å². The summed E-state index contributed by atoms with van der Waals surface area (Å²) in [6, 6.07) is 11.7. The molecular formula is C20H23N5O2S. The molecule has 0 aliphatic rings. The Bertz CT molecular complexity index is 1030. The monoisotopic (exact) mass is 397 g/mol. The minimum absolute atomic E-state index is 0.117. The van der Waals surface area contributed by atoms with Crippen molar-refractivity contribution in [1.29, 1.82) is 0 Å². The van der Waals surface area contributed by atoms with Gasteiger partial charge >= 0.3 is 0 Å². The van der Waals surface area contributed by atoms with E-state index in [2.05, 4.69) is 20.4 Å². The molecule has 1 amide bonds. The van der Waals surface area contributed by atoms with Gasteiger partial charge in [-0.25, -0.2) is 4.98 Å². The van der Waals surface area contributed by atoms with Crippen molar-refractivity contribution in [2.75, 3.05) is 11.1 Å². The first-order chi connectivity index (χ1) is 13.5. The van der Waals surface area contributed by atoms with Crippen LogP contribution in [0.3, 0.4) is 0 Å². The maximum absolute atomic E-state index is 12.4. The molecule has 0 radical (unpaired) electrons. The number of aryl methyl sites for hydroxylation is 2. The number of benzene rings is 1. The fourth-order valence-corrected chi connectivity index (χ4v) is 3.72. The second kappa shape index (κ2) is 8.88. The molecule has 0 atom stereocenters.